The molecule has 0 radical (unpaired) electrons. The number of nitrogens with zero attached hydrogens (tertiary/aromatic N) is 1. The predicted octanol–water partition coefficient (Wildman–Crippen LogP) is 1.65. The normalized spacial score (nSPS) is 29.4. The molecule has 3 atom stereocenters. The quantitative estimate of drug-likeness (QED) is 0.783. The van der Waals surface area contributed by atoms with E-state index in [1.54, 1.807) is 0 Å². The molecule has 2 N–H and O–H groups in total. The van der Waals surface area contributed by atoms with Crippen molar-refractivity contribution < 1.29 is 24.6 Å². The summed E-state index contributed by atoms with van der Waals surface area (Å²) >= 11 is 0. The average Bonchev–Trinajstić information content (AvgIpc) is 3.00. The van der Waals surface area contributed by atoms with Gasteiger partial charge in [0.1, 0.15) is 6.10 Å². The summed E-state index contributed by atoms with van der Waals surface area (Å²) in [5, 5.41) is 18.6. The average molecular weight is 253 g/mol. The summed E-state index contributed by atoms with van der Waals surface area (Å²) in [4.78, 5) is 16.3. The molecule has 2 fully saturated rings. The van der Waals surface area contributed by atoms with Crippen molar-refractivity contribution in [1.29, 1.82) is 0 Å². The molecule has 2 aliphatic carbocycles. The number of ether oxygens (including phenoxy) is 1. The van der Waals surface area contributed by atoms with Gasteiger partial charge in [-0.05, 0) is 37.5 Å². The van der Waals surface area contributed by atoms with Crippen LogP contribution >= 0.6 is 0 Å². The lowest BCUT2D eigenvalue weighted by Gasteiger charge is -2.21. The minimum absolute atomic E-state index is 0.0869. The van der Waals surface area contributed by atoms with Crippen molar-refractivity contribution in [2.24, 2.45) is 11.8 Å². The topological polar surface area (TPSA) is 80.9 Å². The third-order valence-corrected chi connectivity index (χ3v) is 3.88. The van der Waals surface area contributed by atoms with E-state index in [0.29, 0.717) is 16.6 Å². The zero-order valence-corrected chi connectivity index (χ0v) is 9.78. The third kappa shape index (κ3) is 1.87. The lowest BCUT2D eigenvalue weighted by molar-refractivity contribution is -0.00651. The lowest BCUT2D eigenvalue weighted by Crippen LogP contribution is -2.29. The number of aromatic nitrogens is 1. The van der Waals surface area contributed by atoms with E-state index >= 15 is 0 Å². The summed E-state index contributed by atoms with van der Waals surface area (Å²) < 4.78 is 5.86. The Labute approximate surface area is 104 Å². The lowest BCUT2D eigenvalue weighted by atomic mass is 9.98. The molecular weight excluding hydrogens is 238 g/mol. The monoisotopic (exact) mass is 253 g/mol. The van der Waals surface area contributed by atoms with Gasteiger partial charge in [-0.1, -0.05) is 0 Å². The molecule has 3 rings (SSSR count). The summed E-state index contributed by atoms with van der Waals surface area (Å²) in [7, 11) is 0. The fourth-order valence-corrected chi connectivity index (χ4v) is 3.05. The molecule has 0 aromatic carbocycles. The number of carbonyl (C=O) groups excluding carboxylic acids is 1. The van der Waals surface area contributed by atoms with Gasteiger partial charge >= 0.3 is 6.16 Å². The maximum Gasteiger partial charge on any atom is 0.534 e. The van der Waals surface area contributed by atoms with Gasteiger partial charge in [0.05, 0.1) is 0 Å². The molecule has 6 nitrogen and oxygen atoms in total. The Bertz CT molecular complexity index is 450. The van der Waals surface area contributed by atoms with Gasteiger partial charge in [0.2, 0.25) is 11.8 Å². The summed E-state index contributed by atoms with van der Waals surface area (Å²) in [5.74, 6) is 0.408. The van der Waals surface area contributed by atoms with Crippen LogP contribution in [0.5, 0.6) is 11.8 Å². The molecule has 1 aromatic rings. The smallest absolute Gasteiger partial charge is 0.492 e. The first kappa shape index (κ1) is 11.3. The Morgan fingerprint density at radius 1 is 1.22 bits per heavy atom. The van der Waals surface area contributed by atoms with Crippen LogP contribution in [0.25, 0.3) is 0 Å². The van der Waals surface area contributed by atoms with Gasteiger partial charge in [-0.2, -0.15) is 0 Å². The second-order valence-corrected chi connectivity index (χ2v) is 5.02. The fourth-order valence-electron chi connectivity index (χ4n) is 3.05. The van der Waals surface area contributed by atoms with E-state index in [1.165, 1.54) is 18.6 Å². The molecule has 1 aromatic heterocycles. The van der Waals surface area contributed by atoms with E-state index in [9.17, 15) is 15.0 Å². The molecule has 2 saturated carbocycles. The van der Waals surface area contributed by atoms with Crippen LogP contribution in [0.4, 0.5) is 4.79 Å². The van der Waals surface area contributed by atoms with Gasteiger partial charge in [-0.3, -0.25) is 4.84 Å². The molecule has 0 aliphatic heterocycles. The molecule has 3 unspecified atom stereocenters. The van der Waals surface area contributed by atoms with E-state index < -0.39 is 6.16 Å². The number of aromatic hydroxyl groups is 2. The van der Waals surface area contributed by atoms with Gasteiger partial charge in [0, 0.05) is 12.1 Å². The van der Waals surface area contributed by atoms with Crippen LogP contribution in [-0.2, 0) is 4.74 Å². The Hall–Kier alpha value is -1.85. The number of rotatable bonds is 2. The maximum atomic E-state index is 11.6. The highest BCUT2D eigenvalue weighted by Gasteiger charge is 2.42. The number of fused-ring (bicyclic) bond motifs is 2. The first-order valence-electron chi connectivity index (χ1n) is 6.12. The summed E-state index contributed by atoms with van der Waals surface area (Å²) in [5.41, 5.74) is 0. The van der Waals surface area contributed by atoms with E-state index in [1.807, 2.05) is 0 Å². The summed E-state index contributed by atoms with van der Waals surface area (Å²) in [6.07, 6.45) is 3.36. The standard InChI is InChI=1S/C12H15NO5/c14-10-3-4-11(15)13(10)18-12(16)17-9-6-7-1-2-8(9)5-7/h3-4,7-9,14-15H,1-2,5-6H2. The van der Waals surface area contributed by atoms with Crippen LogP contribution in [0.15, 0.2) is 12.1 Å². The van der Waals surface area contributed by atoms with Gasteiger partial charge in [-0.15, -0.1) is 4.73 Å². The number of hydrogen-bond donors (Lipinski definition) is 2. The van der Waals surface area contributed by atoms with Crippen molar-refractivity contribution in [3.8, 4) is 11.8 Å². The molecule has 1 heterocycles. The van der Waals surface area contributed by atoms with E-state index in [-0.39, 0.29) is 17.9 Å². The Kier molecular flexibility index (Phi) is 2.57. The predicted molar refractivity (Wildman–Crippen MR) is 60.1 cm³/mol. The van der Waals surface area contributed by atoms with Gasteiger partial charge in [0.15, 0.2) is 0 Å². The number of carbonyl (C=O) groups is 1. The largest absolute Gasteiger partial charge is 0.534 e. The molecular formula is C12H15NO5. The molecule has 18 heavy (non-hydrogen) atoms. The molecule has 0 spiro atoms. The zero-order chi connectivity index (χ0) is 12.7. The van der Waals surface area contributed by atoms with E-state index in [2.05, 4.69) is 0 Å². The molecule has 0 amide bonds. The van der Waals surface area contributed by atoms with Crippen LogP contribution in [0.3, 0.4) is 0 Å². The van der Waals surface area contributed by atoms with Gasteiger partial charge in [0.25, 0.3) is 0 Å². The van der Waals surface area contributed by atoms with Crippen molar-refractivity contribution in [2.75, 3.05) is 0 Å². The molecule has 2 bridgehead atoms. The van der Waals surface area contributed by atoms with Crippen molar-refractivity contribution in [2.45, 2.75) is 31.8 Å². The van der Waals surface area contributed by atoms with E-state index in [0.717, 1.165) is 19.3 Å². The minimum Gasteiger partial charge on any atom is -0.492 e. The zero-order valence-electron chi connectivity index (χ0n) is 9.78. The number of hydrogen-bond acceptors (Lipinski definition) is 5. The SMILES string of the molecule is O=C(OC1CC2CCC1C2)On1c(O)ccc1O. The van der Waals surface area contributed by atoms with Crippen LogP contribution in [0.2, 0.25) is 0 Å². The first-order valence-corrected chi connectivity index (χ1v) is 6.12. The van der Waals surface area contributed by atoms with Crippen LogP contribution in [0.1, 0.15) is 25.7 Å². The molecule has 2 aliphatic rings. The van der Waals surface area contributed by atoms with Crippen LogP contribution in [-0.4, -0.2) is 27.2 Å². The summed E-state index contributed by atoms with van der Waals surface area (Å²) in [6, 6.07) is 2.44. The van der Waals surface area contributed by atoms with Crippen LogP contribution in [0, 0.1) is 11.8 Å². The second-order valence-electron chi connectivity index (χ2n) is 5.02. The fraction of sp³-hybridized carbons (Fsp3) is 0.583. The van der Waals surface area contributed by atoms with Gasteiger partial charge < -0.3 is 14.9 Å². The van der Waals surface area contributed by atoms with Crippen molar-refractivity contribution in [1.82, 2.24) is 4.73 Å². The van der Waals surface area contributed by atoms with Crippen molar-refractivity contribution in [3.05, 3.63) is 12.1 Å². The Morgan fingerprint density at radius 2 is 1.94 bits per heavy atom. The van der Waals surface area contributed by atoms with Crippen LogP contribution < -0.4 is 4.84 Å². The Balaban J connectivity index is 1.59. The highest BCUT2D eigenvalue weighted by Crippen LogP contribution is 2.45. The second kappa shape index (κ2) is 4.12. The molecule has 6 heteroatoms. The highest BCUT2D eigenvalue weighted by atomic mass is 16.8. The molecule has 0 saturated heterocycles. The van der Waals surface area contributed by atoms with Crippen molar-refractivity contribution >= 4 is 6.16 Å². The van der Waals surface area contributed by atoms with Crippen molar-refractivity contribution in [3.63, 3.8) is 0 Å². The minimum atomic E-state index is -0.894. The third-order valence-electron chi connectivity index (χ3n) is 3.88. The van der Waals surface area contributed by atoms with Gasteiger partial charge in [-0.25, -0.2) is 4.79 Å². The maximum absolute atomic E-state index is 11.6. The first-order chi connectivity index (χ1) is 8.63. The molecule has 98 valence electrons. The Morgan fingerprint density at radius 3 is 2.50 bits per heavy atom. The summed E-state index contributed by atoms with van der Waals surface area (Å²) in [6.45, 7) is 0. The highest BCUT2D eigenvalue weighted by molar-refractivity contribution is 5.61. The van der Waals surface area contributed by atoms with E-state index in [4.69, 9.17) is 9.57 Å².